The lowest BCUT2D eigenvalue weighted by Crippen LogP contribution is -2.31. The average molecular weight is 317 g/mol. The summed E-state index contributed by atoms with van der Waals surface area (Å²) in [4.78, 5) is 11.2. The molecule has 1 unspecified atom stereocenters. The van der Waals surface area contributed by atoms with Gasteiger partial charge in [-0.1, -0.05) is 35.3 Å². The average Bonchev–Trinajstić information content (AvgIpc) is 2.31. The summed E-state index contributed by atoms with van der Waals surface area (Å²) in [6.07, 6.45) is -1.97. The van der Waals surface area contributed by atoms with Crippen molar-refractivity contribution in [3.8, 4) is 0 Å². The summed E-state index contributed by atoms with van der Waals surface area (Å²) in [5.74, 6) is -1.00. The van der Waals surface area contributed by atoms with Gasteiger partial charge >= 0.3 is 5.97 Å². The van der Waals surface area contributed by atoms with E-state index < -0.39 is 18.2 Å². The molecule has 3 nitrogen and oxygen atoms in total. The highest BCUT2D eigenvalue weighted by Crippen LogP contribution is 2.31. The largest absolute Gasteiger partial charge is 0.464 e. The molecule has 0 aliphatic rings. The van der Waals surface area contributed by atoms with Crippen molar-refractivity contribution in [3.05, 3.63) is 33.8 Å². The number of hydrogen-bond donors (Lipinski definition) is 1. The number of ether oxygens (including phenoxy) is 1. The summed E-state index contributed by atoms with van der Waals surface area (Å²) in [7, 11) is 0. The van der Waals surface area contributed by atoms with Crippen LogP contribution < -0.4 is 5.73 Å². The van der Waals surface area contributed by atoms with Crippen LogP contribution in [-0.4, -0.2) is 18.7 Å². The predicted molar refractivity (Wildman–Crippen MR) is 72.2 cm³/mol. The van der Waals surface area contributed by atoms with Crippen LogP contribution in [0.2, 0.25) is 10.0 Å². The Morgan fingerprint density at radius 1 is 1.50 bits per heavy atom. The van der Waals surface area contributed by atoms with E-state index in [0.717, 1.165) is 0 Å². The molecule has 102 valence electrons. The molecule has 1 aromatic carbocycles. The molecule has 18 heavy (non-hydrogen) atoms. The van der Waals surface area contributed by atoms with Crippen molar-refractivity contribution in [2.24, 2.45) is 5.73 Å². The van der Waals surface area contributed by atoms with Crippen LogP contribution in [0.15, 0.2) is 18.2 Å². The van der Waals surface area contributed by atoms with Crippen molar-refractivity contribution < 1.29 is 13.9 Å². The van der Waals surface area contributed by atoms with Gasteiger partial charge in [0.1, 0.15) is 0 Å². The number of hydrogen-bond acceptors (Lipinski definition) is 3. The van der Waals surface area contributed by atoms with Crippen LogP contribution in [0.1, 0.15) is 18.5 Å². The summed E-state index contributed by atoms with van der Waals surface area (Å²) < 4.78 is 18.2. The highest BCUT2D eigenvalue weighted by molar-refractivity contribution is 6.42. The topological polar surface area (TPSA) is 52.3 Å². The summed E-state index contributed by atoms with van der Waals surface area (Å²) >= 11 is 11.7. The summed E-state index contributed by atoms with van der Waals surface area (Å²) in [6.45, 7) is 1.68. The Morgan fingerprint density at radius 3 is 2.67 bits per heavy atom. The zero-order valence-corrected chi connectivity index (χ0v) is 11.9. The minimum atomic E-state index is -1.97. The second-order valence-electron chi connectivity index (χ2n) is 3.32. The number of carbonyl (C=O) groups excluding carboxylic acids is 1. The van der Waals surface area contributed by atoms with Gasteiger partial charge < -0.3 is 10.5 Å². The molecule has 0 saturated carbocycles. The molecule has 0 heterocycles. The van der Waals surface area contributed by atoms with Crippen LogP contribution in [0.5, 0.6) is 0 Å². The van der Waals surface area contributed by atoms with Crippen molar-refractivity contribution in [1.82, 2.24) is 0 Å². The predicted octanol–water partition coefficient (Wildman–Crippen LogP) is 3.32. The van der Waals surface area contributed by atoms with Gasteiger partial charge in [0.25, 0.3) is 0 Å². The number of nitrogens with two attached hydrogens (primary N) is 1. The summed E-state index contributed by atoms with van der Waals surface area (Å²) in [5, 5.41) is 0.407. The molecule has 7 heteroatoms. The second-order valence-corrected chi connectivity index (χ2v) is 4.11. The van der Waals surface area contributed by atoms with E-state index >= 15 is 0 Å². The number of alkyl halides is 1. The van der Waals surface area contributed by atoms with Crippen molar-refractivity contribution >= 4 is 41.6 Å². The minimum absolute atomic E-state index is 0. The fourth-order valence-electron chi connectivity index (χ4n) is 1.30. The van der Waals surface area contributed by atoms with E-state index in [4.69, 9.17) is 28.9 Å². The third-order valence-electron chi connectivity index (χ3n) is 2.17. The van der Waals surface area contributed by atoms with Crippen LogP contribution in [0.3, 0.4) is 0 Å². The first kappa shape index (κ1) is 17.4. The molecule has 0 aliphatic carbocycles. The SMILES string of the molecule is CCOC(=O)C(F)[C@H](N)c1cccc(Cl)c1Cl.Cl. The van der Waals surface area contributed by atoms with E-state index in [-0.39, 0.29) is 34.6 Å². The Kier molecular flexibility index (Phi) is 7.55. The number of rotatable bonds is 4. The zero-order chi connectivity index (χ0) is 13.0. The van der Waals surface area contributed by atoms with Crippen LogP contribution in [-0.2, 0) is 9.53 Å². The Morgan fingerprint density at radius 2 is 2.11 bits per heavy atom. The molecular formula is C11H13Cl3FNO2. The monoisotopic (exact) mass is 315 g/mol. The Hall–Kier alpha value is -0.550. The van der Waals surface area contributed by atoms with E-state index in [0.29, 0.717) is 0 Å². The van der Waals surface area contributed by atoms with E-state index in [9.17, 15) is 9.18 Å². The molecule has 0 saturated heterocycles. The molecular weight excluding hydrogens is 303 g/mol. The molecule has 0 fully saturated rings. The Labute approximate surface area is 121 Å². The maximum Gasteiger partial charge on any atom is 0.342 e. The first-order valence-electron chi connectivity index (χ1n) is 4.99. The first-order chi connectivity index (χ1) is 7.99. The number of carbonyl (C=O) groups is 1. The van der Waals surface area contributed by atoms with Gasteiger partial charge in [0.2, 0.25) is 6.17 Å². The van der Waals surface area contributed by atoms with Gasteiger partial charge in [0.05, 0.1) is 22.7 Å². The fourth-order valence-corrected chi connectivity index (χ4v) is 1.74. The van der Waals surface area contributed by atoms with Gasteiger partial charge in [0.15, 0.2) is 0 Å². The molecule has 1 aromatic rings. The first-order valence-corrected chi connectivity index (χ1v) is 5.74. The molecule has 2 N–H and O–H groups in total. The lowest BCUT2D eigenvalue weighted by Gasteiger charge is -2.17. The minimum Gasteiger partial charge on any atom is -0.464 e. The van der Waals surface area contributed by atoms with Gasteiger partial charge in [-0.2, -0.15) is 0 Å². The highest BCUT2D eigenvalue weighted by atomic mass is 35.5. The van der Waals surface area contributed by atoms with Crippen molar-refractivity contribution in [1.29, 1.82) is 0 Å². The number of halogens is 4. The lowest BCUT2D eigenvalue weighted by molar-refractivity contribution is -0.149. The number of benzene rings is 1. The quantitative estimate of drug-likeness (QED) is 0.867. The normalized spacial score (nSPS) is 13.4. The summed E-state index contributed by atoms with van der Waals surface area (Å²) in [5.41, 5.74) is 5.90. The van der Waals surface area contributed by atoms with Gasteiger partial charge in [-0.05, 0) is 18.6 Å². The molecule has 0 spiro atoms. The molecule has 0 aromatic heterocycles. The van der Waals surface area contributed by atoms with Crippen molar-refractivity contribution in [3.63, 3.8) is 0 Å². The fraction of sp³-hybridized carbons (Fsp3) is 0.364. The zero-order valence-electron chi connectivity index (χ0n) is 9.53. The molecule has 0 aliphatic heterocycles. The van der Waals surface area contributed by atoms with Gasteiger partial charge in [0, 0.05) is 0 Å². The van der Waals surface area contributed by atoms with Crippen molar-refractivity contribution in [2.75, 3.05) is 6.61 Å². The van der Waals surface area contributed by atoms with Crippen LogP contribution in [0.25, 0.3) is 0 Å². The maximum atomic E-state index is 13.7. The maximum absolute atomic E-state index is 13.7. The third-order valence-corrected chi connectivity index (χ3v) is 3.00. The Bertz CT molecular complexity index is 417. The standard InChI is InChI=1S/C11H12Cl2FNO2.ClH/c1-2-17-11(16)9(14)10(15)6-4-3-5-7(12)8(6)13;/h3-5,9-10H,2,15H2,1H3;1H/t9?,10-;/m1./s1. The van der Waals surface area contributed by atoms with Gasteiger partial charge in [-0.3, -0.25) is 0 Å². The van der Waals surface area contributed by atoms with E-state index in [1.165, 1.54) is 6.07 Å². The molecule has 0 radical (unpaired) electrons. The third kappa shape index (κ3) is 3.99. The number of esters is 1. The van der Waals surface area contributed by atoms with Crippen LogP contribution in [0, 0.1) is 0 Å². The highest BCUT2D eigenvalue weighted by Gasteiger charge is 2.29. The molecule has 0 bridgehead atoms. The van der Waals surface area contributed by atoms with Crippen LogP contribution in [0.4, 0.5) is 4.39 Å². The Balaban J connectivity index is 0.00000289. The smallest absolute Gasteiger partial charge is 0.342 e. The second kappa shape index (κ2) is 7.79. The lowest BCUT2D eigenvalue weighted by atomic mass is 10.0. The van der Waals surface area contributed by atoms with Crippen molar-refractivity contribution in [2.45, 2.75) is 19.1 Å². The van der Waals surface area contributed by atoms with E-state index in [2.05, 4.69) is 4.74 Å². The van der Waals surface area contributed by atoms with E-state index in [1.807, 2.05) is 0 Å². The molecule has 2 atom stereocenters. The van der Waals surface area contributed by atoms with Gasteiger partial charge in [-0.25, -0.2) is 9.18 Å². The molecule has 1 rings (SSSR count). The summed E-state index contributed by atoms with van der Waals surface area (Å²) in [6, 6.07) is 3.46. The van der Waals surface area contributed by atoms with Crippen LogP contribution >= 0.6 is 35.6 Å². The van der Waals surface area contributed by atoms with Gasteiger partial charge in [-0.15, -0.1) is 12.4 Å². The van der Waals surface area contributed by atoms with E-state index in [1.54, 1.807) is 19.1 Å². The molecule has 0 amide bonds.